The molecule has 6 aromatic rings. The number of hydrogen-bond donors (Lipinski definition) is 0. The van der Waals surface area contributed by atoms with Crippen LogP contribution in [0.3, 0.4) is 0 Å². The summed E-state index contributed by atoms with van der Waals surface area (Å²) in [6, 6.07) is 42.0. The Morgan fingerprint density at radius 1 is 0.490 bits per heavy atom. The second-order valence-corrected chi connectivity index (χ2v) is 15.4. The fourth-order valence-corrected chi connectivity index (χ4v) is 8.10. The molecule has 0 aromatic heterocycles. The second-order valence-electron chi connectivity index (χ2n) is 15.4. The van der Waals surface area contributed by atoms with E-state index >= 15 is 0 Å². The van der Waals surface area contributed by atoms with Gasteiger partial charge >= 0.3 is 0 Å². The van der Waals surface area contributed by atoms with Crippen LogP contribution >= 0.6 is 0 Å². The zero-order chi connectivity index (χ0) is 36.0. The van der Waals surface area contributed by atoms with Crippen molar-refractivity contribution in [2.75, 3.05) is 16.3 Å². The minimum Gasteiger partial charge on any atom is -0.340 e. The number of carbonyl (C=O) groups excluding carboxylic acids is 1. The topological polar surface area (TPSA) is 23.6 Å². The Balaban J connectivity index is 1.49. The zero-order valence-corrected chi connectivity index (χ0v) is 31.5. The van der Waals surface area contributed by atoms with E-state index in [-0.39, 0.29) is 17.7 Å². The van der Waals surface area contributed by atoms with E-state index in [4.69, 9.17) is 0 Å². The normalized spacial score (nSPS) is 14.3. The molecule has 0 atom stereocenters. The zero-order valence-electron chi connectivity index (χ0n) is 31.5. The minimum absolute atomic E-state index is 0.147. The Morgan fingerprint density at radius 3 is 1.39 bits per heavy atom. The second kappa shape index (κ2) is 14.0. The van der Waals surface area contributed by atoms with Crippen LogP contribution in [-0.4, -0.2) is 12.5 Å². The quantitative estimate of drug-likeness (QED) is 0.150. The Morgan fingerprint density at radius 2 is 0.922 bits per heavy atom. The van der Waals surface area contributed by atoms with Crippen LogP contribution in [0.5, 0.6) is 0 Å². The van der Waals surface area contributed by atoms with Gasteiger partial charge in [0.2, 0.25) is 5.91 Å². The summed E-state index contributed by atoms with van der Waals surface area (Å²) in [7, 11) is 0. The maximum Gasteiger partial charge on any atom is 0.231 e. The highest BCUT2D eigenvalue weighted by Crippen LogP contribution is 2.47. The Labute approximate surface area is 304 Å². The van der Waals surface area contributed by atoms with Crippen molar-refractivity contribution in [1.82, 2.24) is 0 Å². The maximum atomic E-state index is 14.6. The minimum atomic E-state index is 0.147. The Bertz CT molecular complexity index is 2100. The molecule has 51 heavy (non-hydrogen) atoms. The molecular weight excluding hydrogens is 621 g/mol. The summed E-state index contributed by atoms with van der Waals surface area (Å²) < 4.78 is 0. The third kappa shape index (κ3) is 6.22. The number of amides is 1. The molecule has 0 aliphatic carbocycles. The molecule has 0 saturated carbocycles. The van der Waals surface area contributed by atoms with E-state index in [1.807, 2.05) is 0 Å². The van der Waals surface area contributed by atoms with Crippen LogP contribution in [0.15, 0.2) is 115 Å². The predicted molar refractivity (Wildman–Crippen MR) is 218 cm³/mol. The number of carbonyl (C=O) groups is 1. The first kappa shape index (κ1) is 34.6. The number of benzene rings is 6. The van der Waals surface area contributed by atoms with E-state index in [0.717, 1.165) is 17.4 Å². The molecular formula is C48H51N2O. The summed E-state index contributed by atoms with van der Waals surface area (Å²) in [6.07, 6.45) is 1.39. The third-order valence-electron chi connectivity index (χ3n) is 10.6. The van der Waals surface area contributed by atoms with Gasteiger partial charge in [-0.1, -0.05) is 165 Å². The molecule has 1 saturated heterocycles. The van der Waals surface area contributed by atoms with Gasteiger partial charge in [0.25, 0.3) is 0 Å². The first-order chi connectivity index (χ1) is 24.6. The van der Waals surface area contributed by atoms with E-state index in [1.165, 1.54) is 60.6 Å². The Kier molecular flexibility index (Phi) is 9.50. The van der Waals surface area contributed by atoms with Crippen molar-refractivity contribution in [2.24, 2.45) is 0 Å². The molecule has 0 unspecified atom stereocenters. The lowest BCUT2D eigenvalue weighted by Crippen LogP contribution is -2.53. The predicted octanol–water partition coefficient (Wildman–Crippen LogP) is 12.9. The van der Waals surface area contributed by atoms with Gasteiger partial charge in [0, 0.05) is 24.2 Å². The monoisotopic (exact) mass is 671 g/mol. The van der Waals surface area contributed by atoms with Gasteiger partial charge in [0.05, 0.1) is 5.69 Å². The van der Waals surface area contributed by atoms with Crippen LogP contribution in [0.25, 0.3) is 32.7 Å². The van der Waals surface area contributed by atoms with Crippen molar-refractivity contribution in [3.8, 4) is 11.1 Å². The van der Waals surface area contributed by atoms with Gasteiger partial charge < -0.3 is 4.90 Å². The van der Waals surface area contributed by atoms with Gasteiger partial charge in [0.1, 0.15) is 0 Å². The van der Waals surface area contributed by atoms with Crippen LogP contribution in [0.2, 0.25) is 0 Å². The standard InChI is InChI=1S/C48H51N2O/c1-30(2)38-19-13-20-39(31(3)4)46(38)49-28-27-44(51)50(47-40(32(5)6)21-14-22-41(47)33(7)8)48(49)35-25-23-34(24-26-35)45-42-17-11-9-15-36(42)29-37-16-10-12-18-43(37)45/h9-26,29-33H,27-28H2,1-8H3. The molecule has 0 bridgehead atoms. The van der Waals surface area contributed by atoms with Gasteiger partial charge in [-0.3, -0.25) is 9.69 Å². The average Bonchev–Trinajstić information content (AvgIpc) is 3.13. The lowest BCUT2D eigenvalue weighted by Gasteiger charge is -2.47. The molecule has 1 aliphatic rings. The molecule has 1 amide bonds. The van der Waals surface area contributed by atoms with Crippen LogP contribution in [-0.2, 0) is 4.79 Å². The van der Waals surface area contributed by atoms with Crippen molar-refractivity contribution in [2.45, 2.75) is 85.5 Å². The first-order valence-electron chi connectivity index (χ1n) is 18.8. The van der Waals surface area contributed by atoms with Gasteiger partial charge in [-0.2, -0.15) is 0 Å². The molecule has 1 radical (unpaired) electrons. The van der Waals surface area contributed by atoms with Crippen molar-refractivity contribution >= 4 is 38.8 Å². The van der Waals surface area contributed by atoms with Gasteiger partial charge in [-0.15, -0.1) is 0 Å². The number of fused-ring (bicyclic) bond motifs is 2. The van der Waals surface area contributed by atoms with E-state index in [0.29, 0.717) is 24.8 Å². The molecule has 7 rings (SSSR count). The summed E-state index contributed by atoms with van der Waals surface area (Å²) in [4.78, 5) is 19.2. The molecule has 3 heteroatoms. The lowest BCUT2D eigenvalue weighted by atomic mass is 9.88. The van der Waals surface area contributed by atoms with Crippen molar-refractivity contribution in [1.29, 1.82) is 0 Å². The maximum absolute atomic E-state index is 14.6. The van der Waals surface area contributed by atoms with Crippen LogP contribution < -0.4 is 9.80 Å². The summed E-state index contributed by atoms with van der Waals surface area (Å²) in [6.45, 7) is 18.7. The fraction of sp³-hybridized carbons (Fsp3) is 0.292. The number of rotatable bonds is 8. The van der Waals surface area contributed by atoms with Crippen molar-refractivity contribution in [3.05, 3.63) is 149 Å². The van der Waals surface area contributed by atoms with Crippen molar-refractivity contribution in [3.63, 3.8) is 0 Å². The summed E-state index contributed by atoms with van der Waals surface area (Å²) >= 11 is 0. The molecule has 3 nitrogen and oxygen atoms in total. The Hall–Kier alpha value is -4.89. The smallest absolute Gasteiger partial charge is 0.231 e. The van der Waals surface area contributed by atoms with Crippen LogP contribution in [0.4, 0.5) is 11.4 Å². The molecule has 6 aromatic carbocycles. The van der Waals surface area contributed by atoms with Gasteiger partial charge in [0.15, 0.2) is 6.17 Å². The molecule has 1 heterocycles. The summed E-state index contributed by atoms with van der Waals surface area (Å²) in [5.41, 5.74) is 10.8. The molecule has 259 valence electrons. The molecule has 0 spiro atoms. The number of hydrogen-bond acceptors (Lipinski definition) is 2. The molecule has 1 fully saturated rings. The van der Waals surface area contributed by atoms with Gasteiger partial charge in [-0.05, 0) is 84.7 Å². The van der Waals surface area contributed by atoms with Crippen LogP contribution in [0.1, 0.15) is 113 Å². The largest absolute Gasteiger partial charge is 0.340 e. The highest BCUT2D eigenvalue weighted by atomic mass is 16.2. The van der Waals surface area contributed by atoms with E-state index in [9.17, 15) is 4.79 Å². The van der Waals surface area contributed by atoms with E-state index < -0.39 is 0 Å². The molecule has 0 N–H and O–H groups in total. The highest BCUT2D eigenvalue weighted by molar-refractivity contribution is 6.12. The molecule has 1 aliphatic heterocycles. The lowest BCUT2D eigenvalue weighted by molar-refractivity contribution is -0.118. The fourth-order valence-electron chi connectivity index (χ4n) is 8.10. The number of para-hydroxylation sites is 2. The van der Waals surface area contributed by atoms with Crippen molar-refractivity contribution < 1.29 is 4.79 Å². The summed E-state index contributed by atoms with van der Waals surface area (Å²) in [5.74, 6) is 1.29. The number of anilines is 2. The first-order valence-corrected chi connectivity index (χ1v) is 18.8. The third-order valence-corrected chi connectivity index (χ3v) is 10.6. The van der Waals surface area contributed by atoms with Crippen LogP contribution in [0, 0.1) is 6.17 Å². The number of nitrogens with zero attached hydrogens (tertiary/aromatic N) is 2. The van der Waals surface area contributed by atoms with Gasteiger partial charge in [-0.25, -0.2) is 0 Å². The average molecular weight is 672 g/mol. The van der Waals surface area contributed by atoms with E-state index in [2.05, 4.69) is 180 Å². The highest BCUT2D eigenvalue weighted by Gasteiger charge is 2.42. The van der Waals surface area contributed by atoms with E-state index in [1.54, 1.807) is 0 Å². The summed E-state index contributed by atoms with van der Waals surface area (Å²) in [5, 5.41) is 4.95. The SMILES string of the molecule is CC(C)c1cccc(C(C)C)c1N1CCC(=O)N(c2c(C(C)C)cccc2C(C)C)[C]1c1ccc(-c2c3ccccc3cc3ccccc23)cc1.